The number of hydrogen-bond acceptors (Lipinski definition) is 2. The summed E-state index contributed by atoms with van der Waals surface area (Å²) in [7, 11) is 0. The van der Waals surface area contributed by atoms with Crippen LogP contribution in [0.1, 0.15) is 61.9 Å². The summed E-state index contributed by atoms with van der Waals surface area (Å²) in [5.41, 5.74) is 1.97. The first-order chi connectivity index (χ1) is 8.04. The van der Waals surface area contributed by atoms with E-state index in [-0.39, 0.29) is 11.6 Å². The number of Topliss-reactive ketones (excluding diaryl/α,β-unsaturated/α-hetero) is 2. The molecule has 1 unspecified atom stereocenters. The van der Waals surface area contributed by atoms with E-state index >= 15 is 0 Å². The van der Waals surface area contributed by atoms with Crippen LogP contribution in [0, 0.1) is 0 Å². The first-order valence-electron chi connectivity index (χ1n) is 6.17. The van der Waals surface area contributed by atoms with E-state index in [9.17, 15) is 9.59 Å². The molecule has 0 aliphatic rings. The van der Waals surface area contributed by atoms with Crippen LogP contribution in [0.15, 0.2) is 24.3 Å². The summed E-state index contributed by atoms with van der Waals surface area (Å²) in [4.78, 5) is 22.6. The molecule has 0 saturated carbocycles. The summed E-state index contributed by atoms with van der Waals surface area (Å²) < 4.78 is 0. The van der Waals surface area contributed by atoms with Crippen molar-refractivity contribution in [3.63, 3.8) is 0 Å². The molecule has 1 rings (SSSR count). The molecule has 0 heterocycles. The smallest absolute Gasteiger partial charge is 0.163 e. The highest BCUT2D eigenvalue weighted by atomic mass is 16.1. The van der Waals surface area contributed by atoms with Crippen molar-refractivity contribution in [2.75, 3.05) is 0 Å². The van der Waals surface area contributed by atoms with Gasteiger partial charge in [-0.2, -0.15) is 0 Å². The van der Waals surface area contributed by atoms with E-state index in [0.29, 0.717) is 24.3 Å². The van der Waals surface area contributed by atoms with E-state index in [1.165, 1.54) is 12.5 Å². The number of rotatable bonds is 6. The summed E-state index contributed by atoms with van der Waals surface area (Å²) in [6, 6.07) is 7.75. The maximum Gasteiger partial charge on any atom is 0.163 e. The largest absolute Gasteiger partial charge is 0.300 e. The monoisotopic (exact) mass is 232 g/mol. The van der Waals surface area contributed by atoms with Crippen molar-refractivity contribution < 1.29 is 9.59 Å². The topological polar surface area (TPSA) is 34.1 Å². The van der Waals surface area contributed by atoms with Crippen molar-refractivity contribution >= 4 is 11.6 Å². The zero-order valence-electron chi connectivity index (χ0n) is 10.8. The van der Waals surface area contributed by atoms with E-state index in [0.717, 1.165) is 6.42 Å². The first-order valence-corrected chi connectivity index (χ1v) is 6.17. The van der Waals surface area contributed by atoms with Gasteiger partial charge in [0, 0.05) is 18.4 Å². The maximum absolute atomic E-state index is 11.7. The number of ketones is 2. The van der Waals surface area contributed by atoms with Gasteiger partial charge in [-0.05, 0) is 24.8 Å². The third kappa shape index (κ3) is 4.14. The lowest BCUT2D eigenvalue weighted by Crippen LogP contribution is -2.02. The van der Waals surface area contributed by atoms with E-state index in [1.54, 1.807) is 0 Å². The average molecular weight is 232 g/mol. The molecular weight excluding hydrogens is 212 g/mol. The summed E-state index contributed by atoms with van der Waals surface area (Å²) >= 11 is 0. The molecule has 0 aliphatic carbocycles. The van der Waals surface area contributed by atoms with Crippen LogP contribution in [0.3, 0.4) is 0 Å². The Hall–Kier alpha value is -1.44. The quantitative estimate of drug-likeness (QED) is 0.700. The van der Waals surface area contributed by atoms with Gasteiger partial charge in [0.2, 0.25) is 0 Å². The van der Waals surface area contributed by atoms with Crippen molar-refractivity contribution in [3.8, 4) is 0 Å². The normalized spacial score (nSPS) is 12.2. The molecule has 2 heteroatoms. The zero-order valence-corrected chi connectivity index (χ0v) is 10.8. The molecule has 0 fully saturated rings. The van der Waals surface area contributed by atoms with Crippen LogP contribution in [0.2, 0.25) is 0 Å². The first kappa shape index (κ1) is 13.6. The minimum atomic E-state index is 0.0518. The van der Waals surface area contributed by atoms with Gasteiger partial charge in [0.15, 0.2) is 5.78 Å². The predicted molar refractivity (Wildman–Crippen MR) is 69.4 cm³/mol. The lowest BCUT2D eigenvalue weighted by Gasteiger charge is -2.09. The third-order valence-electron chi connectivity index (χ3n) is 3.12. The van der Waals surface area contributed by atoms with Crippen molar-refractivity contribution in [1.82, 2.24) is 0 Å². The Kier molecular flexibility index (Phi) is 5.08. The lowest BCUT2D eigenvalue weighted by atomic mass is 9.96. The van der Waals surface area contributed by atoms with Gasteiger partial charge in [0.05, 0.1) is 0 Å². The van der Waals surface area contributed by atoms with Crippen LogP contribution < -0.4 is 0 Å². The fourth-order valence-electron chi connectivity index (χ4n) is 1.67. The summed E-state index contributed by atoms with van der Waals surface area (Å²) in [6.45, 7) is 5.84. The minimum absolute atomic E-state index is 0.0518. The Morgan fingerprint density at radius 1 is 1.12 bits per heavy atom. The van der Waals surface area contributed by atoms with Crippen LogP contribution in [0.4, 0.5) is 0 Å². The molecule has 0 radical (unpaired) electrons. The van der Waals surface area contributed by atoms with E-state index in [2.05, 4.69) is 13.8 Å². The molecular formula is C15H20O2. The molecule has 1 aromatic carbocycles. The molecule has 2 nitrogen and oxygen atoms in total. The maximum atomic E-state index is 11.7. The lowest BCUT2D eigenvalue weighted by molar-refractivity contribution is -0.116. The third-order valence-corrected chi connectivity index (χ3v) is 3.12. The molecule has 0 spiro atoms. The summed E-state index contributed by atoms with van der Waals surface area (Å²) in [5, 5.41) is 0. The molecule has 0 aromatic heterocycles. The highest BCUT2D eigenvalue weighted by Crippen LogP contribution is 2.19. The fraction of sp³-hybridized carbons (Fsp3) is 0.467. The Morgan fingerprint density at radius 2 is 1.71 bits per heavy atom. The van der Waals surface area contributed by atoms with Crippen LogP contribution in [-0.4, -0.2) is 11.6 Å². The van der Waals surface area contributed by atoms with Gasteiger partial charge < -0.3 is 4.79 Å². The van der Waals surface area contributed by atoms with Gasteiger partial charge in [-0.25, -0.2) is 0 Å². The molecule has 0 saturated heterocycles. The highest BCUT2D eigenvalue weighted by molar-refractivity contribution is 5.97. The SMILES string of the molecule is CCC(C)c1ccc(C(=O)CCC(C)=O)cc1. The minimum Gasteiger partial charge on any atom is -0.300 e. The van der Waals surface area contributed by atoms with E-state index in [1.807, 2.05) is 24.3 Å². The van der Waals surface area contributed by atoms with Crippen LogP contribution >= 0.6 is 0 Å². The van der Waals surface area contributed by atoms with Gasteiger partial charge in [0.25, 0.3) is 0 Å². The van der Waals surface area contributed by atoms with Crippen molar-refractivity contribution in [2.24, 2.45) is 0 Å². The van der Waals surface area contributed by atoms with Gasteiger partial charge in [0.1, 0.15) is 5.78 Å². The summed E-state index contributed by atoms with van der Waals surface area (Å²) in [5.74, 6) is 0.641. The van der Waals surface area contributed by atoms with Crippen LogP contribution in [0.5, 0.6) is 0 Å². The Labute approximate surface area is 103 Å². The van der Waals surface area contributed by atoms with Gasteiger partial charge in [-0.3, -0.25) is 4.79 Å². The van der Waals surface area contributed by atoms with Gasteiger partial charge in [-0.1, -0.05) is 38.1 Å². The Morgan fingerprint density at radius 3 is 2.18 bits per heavy atom. The van der Waals surface area contributed by atoms with Crippen molar-refractivity contribution in [3.05, 3.63) is 35.4 Å². The van der Waals surface area contributed by atoms with Crippen LogP contribution in [0.25, 0.3) is 0 Å². The fourth-order valence-corrected chi connectivity index (χ4v) is 1.67. The van der Waals surface area contributed by atoms with Crippen molar-refractivity contribution in [2.45, 2.75) is 46.0 Å². The van der Waals surface area contributed by atoms with E-state index in [4.69, 9.17) is 0 Å². The van der Waals surface area contributed by atoms with E-state index < -0.39 is 0 Å². The zero-order chi connectivity index (χ0) is 12.8. The molecule has 17 heavy (non-hydrogen) atoms. The molecule has 0 N–H and O–H groups in total. The Balaban J connectivity index is 2.67. The number of hydrogen-bond donors (Lipinski definition) is 0. The highest BCUT2D eigenvalue weighted by Gasteiger charge is 2.08. The van der Waals surface area contributed by atoms with Gasteiger partial charge in [-0.15, -0.1) is 0 Å². The standard InChI is InChI=1S/C15H20O2/c1-4-11(2)13-6-8-14(9-7-13)15(17)10-5-12(3)16/h6-9,11H,4-5,10H2,1-3H3. The molecule has 92 valence electrons. The molecule has 0 bridgehead atoms. The average Bonchev–Trinajstić information content (AvgIpc) is 2.35. The Bertz CT molecular complexity index is 390. The van der Waals surface area contributed by atoms with Crippen LogP contribution in [-0.2, 0) is 4.79 Å². The molecule has 1 aromatic rings. The number of carbonyl (C=O) groups is 2. The second-order valence-electron chi connectivity index (χ2n) is 4.56. The molecule has 0 aliphatic heterocycles. The number of carbonyl (C=O) groups excluding carboxylic acids is 2. The summed E-state index contributed by atoms with van der Waals surface area (Å²) in [6.07, 6.45) is 1.75. The number of benzene rings is 1. The van der Waals surface area contributed by atoms with Crippen molar-refractivity contribution in [1.29, 1.82) is 0 Å². The van der Waals surface area contributed by atoms with Gasteiger partial charge >= 0.3 is 0 Å². The second-order valence-corrected chi connectivity index (χ2v) is 4.56. The molecule has 0 amide bonds. The predicted octanol–water partition coefficient (Wildman–Crippen LogP) is 3.75. The second kappa shape index (κ2) is 6.33. The molecule has 1 atom stereocenters.